The quantitative estimate of drug-likeness (QED) is 0.637. The van der Waals surface area contributed by atoms with Crippen molar-refractivity contribution in [3.63, 3.8) is 0 Å². The molecule has 5 heteroatoms. The highest BCUT2D eigenvalue weighted by molar-refractivity contribution is 9.10. The summed E-state index contributed by atoms with van der Waals surface area (Å²) in [6, 6.07) is 13.5. The molecule has 132 valence electrons. The third-order valence-corrected chi connectivity index (χ3v) is 4.42. The Balaban J connectivity index is 2.06. The number of amides is 1. The van der Waals surface area contributed by atoms with Gasteiger partial charge < -0.3 is 14.4 Å². The Morgan fingerprint density at radius 3 is 2.64 bits per heavy atom. The summed E-state index contributed by atoms with van der Waals surface area (Å²) in [4.78, 5) is 14.0. The SMILES string of the molecule is CCOc1cc(/C=C/C(=O)N(C)Cc2ccccc2Br)ccc1OC. The van der Waals surface area contributed by atoms with Crippen LogP contribution in [0.25, 0.3) is 6.08 Å². The lowest BCUT2D eigenvalue weighted by atomic mass is 10.1. The van der Waals surface area contributed by atoms with Gasteiger partial charge in [0.15, 0.2) is 11.5 Å². The van der Waals surface area contributed by atoms with Crippen LogP contribution >= 0.6 is 15.9 Å². The van der Waals surface area contributed by atoms with E-state index in [4.69, 9.17) is 9.47 Å². The maximum absolute atomic E-state index is 12.3. The van der Waals surface area contributed by atoms with E-state index in [0.29, 0.717) is 24.7 Å². The molecule has 0 aromatic heterocycles. The van der Waals surface area contributed by atoms with Crippen molar-refractivity contribution in [1.82, 2.24) is 4.90 Å². The van der Waals surface area contributed by atoms with Gasteiger partial charge in [-0.1, -0.05) is 40.2 Å². The van der Waals surface area contributed by atoms with Gasteiger partial charge in [-0.3, -0.25) is 4.79 Å². The number of ether oxygens (including phenoxy) is 2. The van der Waals surface area contributed by atoms with Crippen LogP contribution in [0.1, 0.15) is 18.1 Å². The van der Waals surface area contributed by atoms with Gasteiger partial charge in [-0.25, -0.2) is 0 Å². The zero-order valence-corrected chi connectivity index (χ0v) is 16.2. The molecule has 2 aromatic rings. The van der Waals surface area contributed by atoms with Gasteiger partial charge in [0, 0.05) is 24.1 Å². The van der Waals surface area contributed by atoms with Crippen LogP contribution in [0.5, 0.6) is 11.5 Å². The van der Waals surface area contributed by atoms with E-state index in [0.717, 1.165) is 15.6 Å². The molecular weight excluding hydrogens is 382 g/mol. The Kier molecular flexibility index (Phi) is 7.07. The highest BCUT2D eigenvalue weighted by Gasteiger charge is 2.08. The molecule has 1 amide bonds. The van der Waals surface area contributed by atoms with E-state index in [1.54, 1.807) is 31.2 Å². The van der Waals surface area contributed by atoms with E-state index >= 15 is 0 Å². The highest BCUT2D eigenvalue weighted by Crippen LogP contribution is 2.28. The Morgan fingerprint density at radius 1 is 1.20 bits per heavy atom. The van der Waals surface area contributed by atoms with E-state index in [2.05, 4.69) is 15.9 Å². The second-order valence-corrected chi connectivity index (χ2v) is 6.32. The van der Waals surface area contributed by atoms with Gasteiger partial charge >= 0.3 is 0 Å². The van der Waals surface area contributed by atoms with E-state index in [1.807, 2.05) is 49.4 Å². The van der Waals surface area contributed by atoms with Gasteiger partial charge in [0.05, 0.1) is 13.7 Å². The topological polar surface area (TPSA) is 38.8 Å². The van der Waals surface area contributed by atoms with Crippen molar-refractivity contribution < 1.29 is 14.3 Å². The van der Waals surface area contributed by atoms with E-state index in [9.17, 15) is 4.79 Å². The average Bonchev–Trinajstić information content (AvgIpc) is 2.62. The molecule has 0 spiro atoms. The summed E-state index contributed by atoms with van der Waals surface area (Å²) in [6.45, 7) is 3.01. The van der Waals surface area contributed by atoms with Crippen molar-refractivity contribution in [2.75, 3.05) is 20.8 Å². The lowest BCUT2D eigenvalue weighted by Crippen LogP contribution is -2.24. The van der Waals surface area contributed by atoms with Gasteiger partial charge in [0.25, 0.3) is 0 Å². The van der Waals surface area contributed by atoms with Crippen LogP contribution in [0.3, 0.4) is 0 Å². The molecule has 0 unspecified atom stereocenters. The Morgan fingerprint density at radius 2 is 1.96 bits per heavy atom. The third kappa shape index (κ3) is 5.36. The molecule has 0 bridgehead atoms. The number of hydrogen-bond donors (Lipinski definition) is 0. The molecule has 0 aliphatic heterocycles. The molecule has 25 heavy (non-hydrogen) atoms. The summed E-state index contributed by atoms with van der Waals surface area (Å²) < 4.78 is 11.8. The predicted octanol–water partition coefficient (Wildman–Crippen LogP) is 4.53. The van der Waals surface area contributed by atoms with Crippen molar-refractivity contribution in [3.8, 4) is 11.5 Å². The number of carbonyl (C=O) groups excluding carboxylic acids is 1. The molecule has 2 aromatic carbocycles. The number of likely N-dealkylation sites (N-methyl/N-ethyl adjacent to an activating group) is 1. The molecule has 2 rings (SSSR count). The summed E-state index contributed by atoms with van der Waals surface area (Å²) in [6.07, 6.45) is 3.34. The number of rotatable bonds is 7. The Labute approximate surface area is 157 Å². The van der Waals surface area contributed by atoms with Crippen molar-refractivity contribution in [3.05, 3.63) is 64.1 Å². The minimum absolute atomic E-state index is 0.0652. The summed E-state index contributed by atoms with van der Waals surface area (Å²) >= 11 is 3.50. The molecule has 0 aliphatic rings. The number of hydrogen-bond acceptors (Lipinski definition) is 3. The maximum atomic E-state index is 12.3. The minimum atomic E-state index is -0.0652. The van der Waals surface area contributed by atoms with Crippen LogP contribution in [0, 0.1) is 0 Å². The number of nitrogens with zero attached hydrogens (tertiary/aromatic N) is 1. The third-order valence-electron chi connectivity index (χ3n) is 3.65. The summed E-state index contributed by atoms with van der Waals surface area (Å²) in [5.41, 5.74) is 1.95. The Bertz CT molecular complexity index is 758. The predicted molar refractivity (Wildman–Crippen MR) is 104 cm³/mol. The van der Waals surface area contributed by atoms with Gasteiger partial charge in [0.2, 0.25) is 5.91 Å². The first-order valence-corrected chi connectivity index (χ1v) is 8.82. The largest absolute Gasteiger partial charge is 0.493 e. The van der Waals surface area contributed by atoms with E-state index in [1.165, 1.54) is 0 Å². The summed E-state index contributed by atoms with van der Waals surface area (Å²) in [5, 5.41) is 0. The van der Waals surface area contributed by atoms with Gasteiger partial charge in [0.1, 0.15) is 0 Å². The highest BCUT2D eigenvalue weighted by atomic mass is 79.9. The number of carbonyl (C=O) groups is 1. The zero-order valence-electron chi connectivity index (χ0n) is 14.7. The smallest absolute Gasteiger partial charge is 0.246 e. The fourth-order valence-electron chi connectivity index (χ4n) is 2.32. The van der Waals surface area contributed by atoms with Crippen molar-refractivity contribution in [2.45, 2.75) is 13.5 Å². The normalized spacial score (nSPS) is 10.7. The van der Waals surface area contributed by atoms with Gasteiger partial charge in [-0.05, 0) is 42.3 Å². The van der Waals surface area contributed by atoms with Crippen LogP contribution in [0.15, 0.2) is 53.0 Å². The van der Waals surface area contributed by atoms with Gasteiger partial charge in [-0.2, -0.15) is 0 Å². The lowest BCUT2D eigenvalue weighted by Gasteiger charge is -2.16. The van der Waals surface area contributed by atoms with Crippen molar-refractivity contribution in [2.24, 2.45) is 0 Å². The first-order valence-electron chi connectivity index (χ1n) is 8.02. The molecule has 0 saturated carbocycles. The van der Waals surface area contributed by atoms with Crippen LogP contribution in [0.4, 0.5) is 0 Å². The molecule has 0 N–H and O–H groups in total. The molecule has 4 nitrogen and oxygen atoms in total. The first-order chi connectivity index (χ1) is 12.0. The van der Waals surface area contributed by atoms with Crippen LogP contribution in [0.2, 0.25) is 0 Å². The molecule has 0 saturated heterocycles. The van der Waals surface area contributed by atoms with Crippen LogP contribution in [-0.4, -0.2) is 31.6 Å². The summed E-state index contributed by atoms with van der Waals surface area (Å²) in [7, 11) is 3.39. The second-order valence-electron chi connectivity index (χ2n) is 5.46. The molecule has 0 aliphatic carbocycles. The molecule has 0 heterocycles. The fourth-order valence-corrected chi connectivity index (χ4v) is 2.73. The van der Waals surface area contributed by atoms with Gasteiger partial charge in [-0.15, -0.1) is 0 Å². The van der Waals surface area contributed by atoms with E-state index < -0.39 is 0 Å². The Hall–Kier alpha value is -2.27. The number of halogens is 1. The fraction of sp³-hybridized carbons (Fsp3) is 0.250. The average molecular weight is 404 g/mol. The van der Waals surface area contributed by atoms with Crippen LogP contribution in [-0.2, 0) is 11.3 Å². The number of benzene rings is 2. The minimum Gasteiger partial charge on any atom is -0.493 e. The maximum Gasteiger partial charge on any atom is 0.246 e. The molecule has 0 radical (unpaired) electrons. The molecule has 0 fully saturated rings. The van der Waals surface area contributed by atoms with E-state index in [-0.39, 0.29) is 5.91 Å². The first kappa shape index (κ1) is 19.1. The van der Waals surface area contributed by atoms with Crippen LogP contribution < -0.4 is 9.47 Å². The molecule has 0 atom stereocenters. The number of methoxy groups -OCH3 is 1. The van der Waals surface area contributed by atoms with Crippen molar-refractivity contribution in [1.29, 1.82) is 0 Å². The summed E-state index contributed by atoms with van der Waals surface area (Å²) in [5.74, 6) is 1.28. The second kappa shape index (κ2) is 9.28. The lowest BCUT2D eigenvalue weighted by molar-refractivity contribution is -0.125. The molecular formula is C20H22BrNO3. The monoisotopic (exact) mass is 403 g/mol. The standard InChI is InChI=1S/C20H22BrNO3/c1-4-25-19-13-15(9-11-18(19)24-3)10-12-20(23)22(2)14-16-7-5-6-8-17(16)21/h5-13H,4,14H2,1-3H3/b12-10+. The zero-order chi connectivity index (χ0) is 18.2. The van der Waals surface area contributed by atoms with Crippen molar-refractivity contribution >= 4 is 27.9 Å².